The van der Waals surface area contributed by atoms with E-state index in [4.69, 9.17) is 17.4 Å². The predicted octanol–water partition coefficient (Wildman–Crippen LogP) is 3.70. The number of nitrogens with zero attached hydrogens (tertiary/aromatic N) is 4. The van der Waals surface area contributed by atoms with Crippen LogP contribution < -0.4 is 16.1 Å². The number of aromatic nitrogens is 2. The van der Waals surface area contributed by atoms with E-state index in [2.05, 4.69) is 4.85 Å². The Bertz CT molecular complexity index is 1580. The number of rotatable bonds is 5. The van der Waals surface area contributed by atoms with Crippen molar-refractivity contribution in [2.45, 2.75) is 19.5 Å². The van der Waals surface area contributed by atoms with E-state index in [1.165, 1.54) is 37.3 Å². The molecule has 1 heterocycles. The molecule has 1 aromatic heterocycles. The maximum Gasteiger partial charge on any atom is 0.416 e. The first kappa shape index (κ1) is 26.6. The van der Waals surface area contributed by atoms with Gasteiger partial charge in [0.15, 0.2) is 5.69 Å². The molecule has 0 unspecified atom stereocenters. The van der Waals surface area contributed by atoms with Crippen LogP contribution in [0, 0.1) is 24.3 Å². The van der Waals surface area contributed by atoms with Crippen LogP contribution in [0.25, 0.3) is 10.5 Å². The zero-order valence-corrected chi connectivity index (χ0v) is 19.4. The maximum absolute atomic E-state index is 13.3. The van der Waals surface area contributed by atoms with E-state index in [0.717, 1.165) is 28.6 Å². The van der Waals surface area contributed by atoms with Gasteiger partial charge in [-0.3, -0.25) is 34.4 Å². The smallest absolute Gasteiger partial charge is 0.416 e. The average Bonchev–Trinajstić information content (AvgIpc) is 2.84. The van der Waals surface area contributed by atoms with Gasteiger partial charge in [0.2, 0.25) is 0 Å². The van der Waals surface area contributed by atoms with Crippen molar-refractivity contribution in [3.05, 3.63) is 97.6 Å². The molecule has 0 fully saturated rings. The number of carboxylic acids is 1. The topological polar surface area (TPSA) is 137 Å². The Balaban J connectivity index is 2.34. The van der Waals surface area contributed by atoms with Crippen LogP contribution in [0.4, 0.5) is 24.5 Å². The van der Waals surface area contributed by atoms with Crippen molar-refractivity contribution >= 4 is 29.0 Å². The highest BCUT2D eigenvalue weighted by atomic mass is 19.4. The summed E-state index contributed by atoms with van der Waals surface area (Å²) in [5.41, 5.74) is -3.59. The number of aliphatic carboxylic acids is 1. The van der Waals surface area contributed by atoms with Crippen molar-refractivity contribution in [2.24, 2.45) is 7.05 Å². The van der Waals surface area contributed by atoms with Gasteiger partial charge in [-0.05, 0) is 25.1 Å². The molecule has 3 N–H and O–H groups in total. The Morgan fingerprint density at radius 3 is 2.30 bits per heavy atom. The Kier molecular flexibility index (Phi) is 7.15. The van der Waals surface area contributed by atoms with Crippen LogP contribution in [0.15, 0.2) is 58.1 Å². The van der Waals surface area contributed by atoms with Crippen molar-refractivity contribution < 1.29 is 23.1 Å². The fraction of sp³-hybridized carbons (Fsp3) is 0.167. The highest BCUT2D eigenvalue weighted by Gasteiger charge is 2.32. The number of amidine groups is 2. The molecule has 2 aromatic carbocycles. The van der Waals surface area contributed by atoms with Crippen molar-refractivity contribution in [1.82, 2.24) is 9.13 Å². The summed E-state index contributed by atoms with van der Waals surface area (Å²) in [6.07, 6.45) is -5.62. The second-order valence-electron chi connectivity index (χ2n) is 7.82. The van der Waals surface area contributed by atoms with Gasteiger partial charge < -0.3 is 5.11 Å². The van der Waals surface area contributed by atoms with Crippen molar-refractivity contribution in [2.75, 3.05) is 4.90 Å². The molecule has 13 heteroatoms. The molecule has 0 aliphatic rings. The SMILES string of the molecule is [C-]#[N+]c1ccc(C(=N)N(C(=N)CC(=O)O)c2c(C)n(-c3cccc(C(F)(F)F)c3)c(=O)n(C)c2=O)cc1. The molecular formula is C24H19F3N6O4. The summed E-state index contributed by atoms with van der Waals surface area (Å²) in [6.45, 7) is 8.30. The van der Waals surface area contributed by atoms with Crippen molar-refractivity contribution in [3.63, 3.8) is 0 Å². The standard InChI is InChI=1S/C24H19F3N6O4/c1-13-20(33(18(28)12-19(34)35)21(29)14-7-9-16(30-2)10-8-14)22(36)31(3)23(37)32(13)17-6-4-5-15(11-17)24(25,26)27/h4-11,28-29H,12H2,1,3H3,(H,34,35). The third kappa shape index (κ3) is 5.18. The van der Waals surface area contributed by atoms with E-state index in [0.29, 0.717) is 10.6 Å². The second kappa shape index (κ2) is 9.94. The fourth-order valence-electron chi connectivity index (χ4n) is 3.61. The van der Waals surface area contributed by atoms with Crippen LogP contribution in [-0.4, -0.2) is 31.9 Å². The number of hydrogen-bond donors (Lipinski definition) is 3. The minimum atomic E-state index is -4.72. The molecule has 0 radical (unpaired) electrons. The summed E-state index contributed by atoms with van der Waals surface area (Å²) in [6, 6.07) is 9.31. The zero-order chi connectivity index (χ0) is 27.7. The molecule has 3 aromatic rings. The number of hydrogen-bond acceptors (Lipinski definition) is 5. The molecular weight excluding hydrogens is 493 g/mol. The van der Waals surface area contributed by atoms with Gasteiger partial charge in [-0.25, -0.2) is 9.64 Å². The highest BCUT2D eigenvalue weighted by Crippen LogP contribution is 2.31. The molecule has 0 spiro atoms. The molecule has 0 aliphatic carbocycles. The lowest BCUT2D eigenvalue weighted by Gasteiger charge is -2.28. The lowest BCUT2D eigenvalue weighted by Crippen LogP contribution is -2.47. The summed E-state index contributed by atoms with van der Waals surface area (Å²) < 4.78 is 41.4. The number of benzene rings is 2. The molecule has 0 bridgehead atoms. The average molecular weight is 512 g/mol. The van der Waals surface area contributed by atoms with E-state index in [1.54, 1.807) is 0 Å². The van der Waals surface area contributed by atoms with Crippen LogP contribution in [0.3, 0.4) is 0 Å². The van der Waals surface area contributed by atoms with Crippen molar-refractivity contribution in [1.29, 1.82) is 10.8 Å². The van der Waals surface area contributed by atoms with Crippen LogP contribution in [0.2, 0.25) is 0 Å². The second-order valence-corrected chi connectivity index (χ2v) is 7.82. The summed E-state index contributed by atoms with van der Waals surface area (Å²) >= 11 is 0. The number of nitrogens with one attached hydrogen (secondary N) is 2. The third-order valence-electron chi connectivity index (χ3n) is 5.40. The fourth-order valence-corrected chi connectivity index (χ4v) is 3.61. The third-order valence-corrected chi connectivity index (χ3v) is 5.40. The summed E-state index contributed by atoms with van der Waals surface area (Å²) in [7, 11) is 1.07. The van der Waals surface area contributed by atoms with E-state index in [1.807, 2.05) is 0 Å². The number of carboxylic acid groups (broad SMARTS) is 1. The summed E-state index contributed by atoms with van der Waals surface area (Å²) in [5.74, 6) is -2.66. The molecule has 0 atom stereocenters. The van der Waals surface area contributed by atoms with Gasteiger partial charge >= 0.3 is 17.8 Å². The summed E-state index contributed by atoms with van der Waals surface area (Å²) in [5, 5.41) is 26.3. The number of anilines is 1. The van der Waals surface area contributed by atoms with E-state index in [9.17, 15) is 32.7 Å². The molecule has 0 saturated carbocycles. The van der Waals surface area contributed by atoms with E-state index < -0.39 is 52.7 Å². The summed E-state index contributed by atoms with van der Waals surface area (Å²) in [4.78, 5) is 41.6. The molecule has 190 valence electrons. The Morgan fingerprint density at radius 1 is 1.14 bits per heavy atom. The monoisotopic (exact) mass is 512 g/mol. The molecule has 10 nitrogen and oxygen atoms in total. The molecule has 0 saturated heterocycles. The minimum absolute atomic E-state index is 0.112. The van der Waals surface area contributed by atoms with Gasteiger partial charge in [0.25, 0.3) is 5.56 Å². The number of alkyl halides is 3. The first-order valence-corrected chi connectivity index (χ1v) is 10.4. The zero-order valence-electron chi connectivity index (χ0n) is 19.4. The van der Waals surface area contributed by atoms with Gasteiger partial charge in [-0.2, -0.15) is 13.2 Å². The number of halogens is 3. The lowest BCUT2D eigenvalue weighted by molar-refractivity contribution is -0.138. The maximum atomic E-state index is 13.3. The highest BCUT2D eigenvalue weighted by molar-refractivity contribution is 6.25. The first-order chi connectivity index (χ1) is 17.3. The normalized spacial score (nSPS) is 11.0. The van der Waals surface area contributed by atoms with Crippen LogP contribution in [0.1, 0.15) is 23.2 Å². The van der Waals surface area contributed by atoms with Gasteiger partial charge in [0, 0.05) is 12.6 Å². The van der Waals surface area contributed by atoms with Gasteiger partial charge in [0.05, 0.1) is 23.5 Å². The largest absolute Gasteiger partial charge is 0.481 e. The lowest BCUT2D eigenvalue weighted by atomic mass is 10.1. The van der Waals surface area contributed by atoms with E-state index >= 15 is 0 Å². The molecule has 0 amide bonds. The molecule has 3 rings (SSSR count). The minimum Gasteiger partial charge on any atom is -0.481 e. The van der Waals surface area contributed by atoms with Gasteiger partial charge in [-0.15, -0.1) is 0 Å². The molecule has 37 heavy (non-hydrogen) atoms. The van der Waals surface area contributed by atoms with Gasteiger partial charge in [-0.1, -0.05) is 30.3 Å². The number of carbonyl (C=O) groups is 1. The Hall–Kier alpha value is -4.99. The van der Waals surface area contributed by atoms with E-state index in [-0.39, 0.29) is 22.6 Å². The van der Waals surface area contributed by atoms with Gasteiger partial charge in [0.1, 0.15) is 23.8 Å². The quantitative estimate of drug-likeness (QED) is 0.272. The van der Waals surface area contributed by atoms with Crippen LogP contribution in [-0.2, 0) is 18.0 Å². The van der Waals surface area contributed by atoms with Crippen molar-refractivity contribution in [3.8, 4) is 5.69 Å². The Labute approximate surface area is 207 Å². The van der Waals surface area contributed by atoms with Crippen LogP contribution >= 0.6 is 0 Å². The predicted molar refractivity (Wildman–Crippen MR) is 129 cm³/mol. The Morgan fingerprint density at radius 2 is 1.76 bits per heavy atom. The molecule has 0 aliphatic heterocycles. The van der Waals surface area contributed by atoms with Crippen LogP contribution in [0.5, 0.6) is 0 Å². The first-order valence-electron chi connectivity index (χ1n) is 10.4.